The van der Waals surface area contributed by atoms with E-state index >= 15 is 0 Å². The number of carbonyl (C=O) groups excluding carboxylic acids is 1. The molecule has 1 heteroatoms. The molecule has 0 unspecified atom stereocenters. The molecule has 1 rings (SSSR count). The van der Waals surface area contributed by atoms with E-state index in [1.165, 1.54) is 19.3 Å². The zero-order valence-electron chi connectivity index (χ0n) is 9.84. The highest BCUT2D eigenvalue weighted by Crippen LogP contribution is 2.44. The largest absolute Gasteiger partial charge is 0.295 e. The second kappa shape index (κ2) is 4.29. The average molecular weight is 194 g/mol. The first-order valence-corrected chi connectivity index (χ1v) is 5.62. The lowest BCUT2D eigenvalue weighted by Gasteiger charge is -2.41. The van der Waals surface area contributed by atoms with Crippen molar-refractivity contribution in [3.63, 3.8) is 0 Å². The molecule has 1 saturated carbocycles. The topological polar surface area (TPSA) is 17.1 Å². The van der Waals surface area contributed by atoms with Gasteiger partial charge in [0, 0.05) is 0 Å². The van der Waals surface area contributed by atoms with Gasteiger partial charge in [0.1, 0.15) is 0 Å². The molecular formula is C13H22O. The molecule has 0 aromatic carbocycles. The lowest BCUT2D eigenvalue weighted by molar-refractivity contribution is -0.112. The number of rotatable bonds is 2. The molecule has 0 bridgehead atoms. The predicted octanol–water partition coefficient (Wildman–Crippen LogP) is 3.59. The number of allylic oxidation sites excluding steroid dienone is 2. The Morgan fingerprint density at radius 2 is 2.07 bits per heavy atom. The van der Waals surface area contributed by atoms with Gasteiger partial charge in [-0.15, -0.1) is 0 Å². The first-order chi connectivity index (χ1) is 6.43. The summed E-state index contributed by atoms with van der Waals surface area (Å²) in [6.45, 7) is 8.56. The molecule has 1 nitrogen and oxygen atoms in total. The van der Waals surface area contributed by atoms with E-state index in [-0.39, 0.29) is 5.78 Å². The van der Waals surface area contributed by atoms with E-state index in [4.69, 9.17) is 0 Å². The van der Waals surface area contributed by atoms with Gasteiger partial charge in [0.05, 0.1) is 0 Å². The minimum atomic E-state index is 0.165. The van der Waals surface area contributed by atoms with Gasteiger partial charge in [-0.2, -0.15) is 0 Å². The number of hydrogen-bond donors (Lipinski definition) is 0. The van der Waals surface area contributed by atoms with Crippen LogP contribution < -0.4 is 0 Å². The summed E-state index contributed by atoms with van der Waals surface area (Å²) in [5, 5.41) is 0. The first-order valence-electron chi connectivity index (χ1n) is 5.62. The molecule has 0 N–H and O–H groups in total. The van der Waals surface area contributed by atoms with Crippen LogP contribution in [0.15, 0.2) is 12.2 Å². The highest BCUT2D eigenvalue weighted by molar-refractivity contribution is 5.87. The van der Waals surface area contributed by atoms with Gasteiger partial charge in [0.2, 0.25) is 0 Å². The van der Waals surface area contributed by atoms with Crippen LogP contribution in [0.1, 0.15) is 47.0 Å². The highest BCUT2D eigenvalue weighted by atomic mass is 16.1. The van der Waals surface area contributed by atoms with Crippen molar-refractivity contribution in [1.29, 1.82) is 0 Å². The van der Waals surface area contributed by atoms with Crippen molar-refractivity contribution in [3.8, 4) is 0 Å². The maximum atomic E-state index is 10.9. The van der Waals surface area contributed by atoms with Gasteiger partial charge in [-0.3, -0.25) is 4.79 Å². The van der Waals surface area contributed by atoms with Crippen LogP contribution in [0.2, 0.25) is 0 Å². The normalized spacial score (nSPS) is 32.0. The minimum absolute atomic E-state index is 0.165. The molecule has 0 heterocycles. The Kier molecular flexibility index (Phi) is 3.52. The maximum Gasteiger partial charge on any atom is 0.152 e. The maximum absolute atomic E-state index is 10.9. The highest BCUT2D eigenvalue weighted by Gasteiger charge is 2.34. The van der Waals surface area contributed by atoms with E-state index in [1.807, 2.05) is 0 Å². The van der Waals surface area contributed by atoms with Crippen molar-refractivity contribution in [3.05, 3.63) is 12.2 Å². The Morgan fingerprint density at radius 1 is 1.43 bits per heavy atom. The molecule has 0 radical (unpaired) electrons. The monoisotopic (exact) mass is 194 g/mol. The second-order valence-corrected chi connectivity index (χ2v) is 5.35. The Balaban J connectivity index is 2.75. The Hall–Kier alpha value is -0.590. The molecule has 0 spiro atoms. The number of ketones is 1. The van der Waals surface area contributed by atoms with Crippen LogP contribution in [0, 0.1) is 17.3 Å². The summed E-state index contributed by atoms with van der Waals surface area (Å²) in [6.07, 6.45) is 7.79. The third-order valence-electron chi connectivity index (χ3n) is 3.53. The molecule has 1 fully saturated rings. The van der Waals surface area contributed by atoms with Crippen LogP contribution in [0.4, 0.5) is 0 Å². The fourth-order valence-electron chi connectivity index (χ4n) is 2.69. The summed E-state index contributed by atoms with van der Waals surface area (Å²) in [7, 11) is 0. The van der Waals surface area contributed by atoms with E-state index in [0.717, 1.165) is 0 Å². The van der Waals surface area contributed by atoms with E-state index < -0.39 is 0 Å². The van der Waals surface area contributed by atoms with Gasteiger partial charge in [-0.1, -0.05) is 39.7 Å². The molecular weight excluding hydrogens is 172 g/mol. The predicted molar refractivity (Wildman–Crippen MR) is 60.1 cm³/mol. The third kappa shape index (κ3) is 2.70. The van der Waals surface area contributed by atoms with Gasteiger partial charge in [-0.05, 0) is 36.7 Å². The second-order valence-electron chi connectivity index (χ2n) is 5.35. The fraction of sp³-hybridized carbons (Fsp3) is 0.769. The van der Waals surface area contributed by atoms with Gasteiger partial charge in [-0.25, -0.2) is 0 Å². The van der Waals surface area contributed by atoms with Gasteiger partial charge >= 0.3 is 0 Å². The van der Waals surface area contributed by atoms with Crippen LogP contribution in [0.25, 0.3) is 0 Å². The van der Waals surface area contributed by atoms with Crippen molar-refractivity contribution in [2.75, 3.05) is 0 Å². The SMILES string of the molecule is CC(=O)/C=C/[C@H]1[C@@H](C)CCCC1(C)C. The summed E-state index contributed by atoms with van der Waals surface area (Å²) in [5.41, 5.74) is 0.365. The summed E-state index contributed by atoms with van der Waals surface area (Å²) in [5.74, 6) is 1.45. The molecule has 0 aliphatic heterocycles. The van der Waals surface area contributed by atoms with Gasteiger partial charge in [0.25, 0.3) is 0 Å². The lowest BCUT2D eigenvalue weighted by Crippen LogP contribution is -2.32. The molecule has 0 aromatic heterocycles. The summed E-state index contributed by atoms with van der Waals surface area (Å²) in [6, 6.07) is 0. The molecule has 0 aromatic rings. The van der Waals surface area contributed by atoms with E-state index in [1.54, 1.807) is 13.0 Å². The lowest BCUT2D eigenvalue weighted by atomic mass is 9.64. The molecule has 14 heavy (non-hydrogen) atoms. The van der Waals surface area contributed by atoms with Crippen LogP contribution in [-0.2, 0) is 4.79 Å². The smallest absolute Gasteiger partial charge is 0.152 e. The van der Waals surface area contributed by atoms with Crippen LogP contribution >= 0.6 is 0 Å². The average Bonchev–Trinajstić information content (AvgIpc) is 2.01. The molecule has 80 valence electrons. The molecule has 0 saturated heterocycles. The fourth-order valence-corrected chi connectivity index (χ4v) is 2.69. The Labute approximate surface area is 87.6 Å². The van der Waals surface area contributed by atoms with E-state index in [9.17, 15) is 4.79 Å². The Bertz CT molecular complexity index is 238. The third-order valence-corrected chi connectivity index (χ3v) is 3.53. The van der Waals surface area contributed by atoms with Crippen molar-refractivity contribution < 1.29 is 4.79 Å². The van der Waals surface area contributed by atoms with E-state index in [2.05, 4.69) is 26.8 Å². The zero-order valence-corrected chi connectivity index (χ0v) is 9.84. The molecule has 2 atom stereocenters. The van der Waals surface area contributed by atoms with Crippen LogP contribution in [-0.4, -0.2) is 5.78 Å². The summed E-state index contributed by atoms with van der Waals surface area (Å²) in [4.78, 5) is 10.9. The van der Waals surface area contributed by atoms with Crippen molar-refractivity contribution >= 4 is 5.78 Å². The quantitative estimate of drug-likeness (QED) is 0.614. The minimum Gasteiger partial charge on any atom is -0.295 e. The molecule has 1 aliphatic carbocycles. The molecule has 0 amide bonds. The number of hydrogen-bond acceptors (Lipinski definition) is 1. The van der Waals surface area contributed by atoms with Crippen molar-refractivity contribution in [2.45, 2.75) is 47.0 Å². The van der Waals surface area contributed by atoms with Crippen molar-refractivity contribution in [1.82, 2.24) is 0 Å². The molecule has 1 aliphatic rings. The van der Waals surface area contributed by atoms with Gasteiger partial charge < -0.3 is 0 Å². The summed E-state index contributed by atoms with van der Waals surface area (Å²) < 4.78 is 0. The first kappa shape index (κ1) is 11.5. The van der Waals surface area contributed by atoms with Crippen molar-refractivity contribution in [2.24, 2.45) is 17.3 Å². The van der Waals surface area contributed by atoms with Crippen LogP contribution in [0.3, 0.4) is 0 Å². The van der Waals surface area contributed by atoms with Crippen LogP contribution in [0.5, 0.6) is 0 Å². The standard InChI is InChI=1S/C13H22O/c1-10-6-5-9-13(3,4)12(10)8-7-11(2)14/h7-8,10,12H,5-6,9H2,1-4H3/b8-7+/t10-,12-/m0/s1. The zero-order chi connectivity index (χ0) is 10.8. The number of carbonyl (C=O) groups is 1. The Morgan fingerprint density at radius 3 is 2.57 bits per heavy atom. The van der Waals surface area contributed by atoms with Gasteiger partial charge in [0.15, 0.2) is 5.78 Å². The van der Waals surface area contributed by atoms with E-state index in [0.29, 0.717) is 17.3 Å². The summed E-state index contributed by atoms with van der Waals surface area (Å²) >= 11 is 0.